The van der Waals surface area contributed by atoms with Crippen molar-refractivity contribution in [3.63, 3.8) is 0 Å². The van der Waals surface area contributed by atoms with E-state index in [1.807, 2.05) is 18.2 Å². The van der Waals surface area contributed by atoms with Crippen molar-refractivity contribution >= 4 is 21.7 Å². The number of esters is 1. The fraction of sp³-hybridized carbons (Fsp3) is 0.435. The maximum Gasteiger partial charge on any atom is 0.337 e. The molecule has 0 spiro atoms. The highest BCUT2D eigenvalue weighted by Crippen LogP contribution is 2.22. The van der Waals surface area contributed by atoms with Crippen LogP contribution < -0.4 is 9.62 Å². The molecule has 8 heteroatoms. The molecule has 0 radical (unpaired) electrons. The smallest absolute Gasteiger partial charge is 0.337 e. The van der Waals surface area contributed by atoms with E-state index < -0.39 is 16.0 Å². The number of carbonyl (C=O) groups excluding carboxylic acids is 1. The van der Waals surface area contributed by atoms with E-state index in [4.69, 9.17) is 4.74 Å². The molecule has 0 saturated carbocycles. The summed E-state index contributed by atoms with van der Waals surface area (Å²) in [6.45, 7) is 6.59. The van der Waals surface area contributed by atoms with Crippen molar-refractivity contribution in [2.45, 2.75) is 32.5 Å². The number of benzene rings is 2. The van der Waals surface area contributed by atoms with Gasteiger partial charge < -0.3 is 10.1 Å². The molecule has 168 valence electrons. The Hall–Kier alpha value is -2.42. The summed E-state index contributed by atoms with van der Waals surface area (Å²) in [6, 6.07) is 16.6. The van der Waals surface area contributed by atoms with Crippen molar-refractivity contribution in [2.24, 2.45) is 0 Å². The summed E-state index contributed by atoms with van der Waals surface area (Å²) in [6.07, 6.45) is 0. The highest BCUT2D eigenvalue weighted by atomic mass is 32.2. The standard InChI is InChI=1S/C23H31N3O4S/c1-18-15-25(16-19(2)24-18)13-14-31(28,29)26(22-7-5-4-6-8-22)17-20-9-11-21(12-10-20)23(27)30-3/h4-12,18-19,24H,13-17H2,1-3H3/t18-,19+. The summed E-state index contributed by atoms with van der Waals surface area (Å²) in [4.78, 5) is 13.9. The Morgan fingerprint density at radius 2 is 1.68 bits per heavy atom. The molecule has 1 fully saturated rings. The third-order valence-corrected chi connectivity index (χ3v) is 7.09. The van der Waals surface area contributed by atoms with Crippen LogP contribution in [0.2, 0.25) is 0 Å². The molecule has 2 aromatic carbocycles. The van der Waals surface area contributed by atoms with E-state index in [1.54, 1.807) is 36.4 Å². The van der Waals surface area contributed by atoms with Crippen LogP contribution >= 0.6 is 0 Å². The third-order valence-electron chi connectivity index (χ3n) is 5.38. The lowest BCUT2D eigenvalue weighted by atomic mass is 10.1. The normalized spacial score (nSPS) is 19.7. The van der Waals surface area contributed by atoms with E-state index in [9.17, 15) is 13.2 Å². The minimum Gasteiger partial charge on any atom is -0.465 e. The Kier molecular flexibility index (Phi) is 7.69. The molecule has 0 unspecified atom stereocenters. The van der Waals surface area contributed by atoms with Gasteiger partial charge in [-0.1, -0.05) is 30.3 Å². The van der Waals surface area contributed by atoms with E-state index in [2.05, 4.69) is 24.1 Å². The summed E-state index contributed by atoms with van der Waals surface area (Å²) in [7, 11) is -2.23. The van der Waals surface area contributed by atoms with Gasteiger partial charge in [0.25, 0.3) is 0 Å². The molecule has 1 heterocycles. The molecule has 1 aliphatic heterocycles. The first-order valence-electron chi connectivity index (χ1n) is 10.5. The van der Waals surface area contributed by atoms with Crippen LogP contribution in [-0.2, 0) is 21.3 Å². The van der Waals surface area contributed by atoms with E-state index >= 15 is 0 Å². The largest absolute Gasteiger partial charge is 0.465 e. The van der Waals surface area contributed by atoms with E-state index in [0.29, 0.717) is 29.9 Å². The number of para-hydroxylation sites is 1. The highest BCUT2D eigenvalue weighted by Gasteiger charge is 2.26. The molecule has 0 aliphatic carbocycles. The predicted molar refractivity (Wildman–Crippen MR) is 123 cm³/mol. The molecule has 0 amide bonds. The Bertz CT molecular complexity index is 954. The SMILES string of the molecule is COC(=O)c1ccc(CN(c2ccccc2)S(=O)(=O)CCN2C[C@@H](C)N[C@@H](C)C2)cc1. The summed E-state index contributed by atoms with van der Waals surface area (Å²) < 4.78 is 32.9. The molecule has 0 bridgehead atoms. The van der Waals surface area contributed by atoms with Gasteiger partial charge in [0.1, 0.15) is 0 Å². The number of ether oxygens (including phenoxy) is 1. The number of hydrogen-bond donors (Lipinski definition) is 1. The van der Waals surface area contributed by atoms with Gasteiger partial charge in [0.05, 0.1) is 30.7 Å². The van der Waals surface area contributed by atoms with Gasteiger partial charge >= 0.3 is 5.97 Å². The average molecular weight is 446 g/mol. The zero-order valence-electron chi connectivity index (χ0n) is 18.3. The van der Waals surface area contributed by atoms with Crippen LogP contribution in [0.1, 0.15) is 29.8 Å². The number of anilines is 1. The first kappa shape index (κ1) is 23.2. The number of nitrogens with one attached hydrogen (secondary N) is 1. The van der Waals surface area contributed by atoms with Crippen molar-refractivity contribution in [1.82, 2.24) is 10.2 Å². The molecule has 2 atom stereocenters. The molecular formula is C23H31N3O4S. The zero-order chi connectivity index (χ0) is 22.4. The van der Waals surface area contributed by atoms with Crippen LogP contribution in [0.3, 0.4) is 0 Å². The molecule has 0 aromatic heterocycles. The van der Waals surface area contributed by atoms with E-state index in [1.165, 1.54) is 11.4 Å². The molecule has 2 aromatic rings. The summed E-state index contributed by atoms with van der Waals surface area (Å²) in [5, 5.41) is 3.47. The summed E-state index contributed by atoms with van der Waals surface area (Å²) >= 11 is 0. The molecular weight excluding hydrogens is 414 g/mol. The van der Waals surface area contributed by atoms with Gasteiger partial charge in [-0.25, -0.2) is 13.2 Å². The van der Waals surface area contributed by atoms with Crippen molar-refractivity contribution in [3.8, 4) is 0 Å². The number of nitrogens with zero attached hydrogens (tertiary/aromatic N) is 2. The highest BCUT2D eigenvalue weighted by molar-refractivity contribution is 7.92. The van der Waals surface area contributed by atoms with Crippen molar-refractivity contribution < 1.29 is 17.9 Å². The van der Waals surface area contributed by atoms with Crippen LogP contribution in [0.25, 0.3) is 0 Å². The summed E-state index contributed by atoms with van der Waals surface area (Å²) in [5.41, 5.74) is 1.86. The van der Waals surface area contributed by atoms with Gasteiger partial charge in [-0.05, 0) is 43.7 Å². The first-order chi connectivity index (χ1) is 14.8. The number of sulfonamides is 1. The number of piperazine rings is 1. The van der Waals surface area contributed by atoms with Crippen molar-refractivity contribution in [2.75, 3.05) is 36.8 Å². The monoisotopic (exact) mass is 445 g/mol. The number of carbonyl (C=O) groups is 1. The second-order valence-electron chi connectivity index (χ2n) is 8.08. The zero-order valence-corrected chi connectivity index (χ0v) is 19.1. The van der Waals surface area contributed by atoms with Crippen LogP contribution in [-0.4, -0.2) is 63.9 Å². The average Bonchev–Trinajstić information content (AvgIpc) is 2.76. The molecule has 31 heavy (non-hydrogen) atoms. The lowest BCUT2D eigenvalue weighted by Gasteiger charge is -2.36. The number of methoxy groups -OCH3 is 1. The molecule has 1 saturated heterocycles. The first-order valence-corrected chi connectivity index (χ1v) is 12.1. The maximum atomic E-state index is 13.4. The van der Waals surface area contributed by atoms with Crippen LogP contribution in [0.5, 0.6) is 0 Å². The third kappa shape index (κ3) is 6.29. The predicted octanol–water partition coefficient (Wildman–Crippen LogP) is 2.49. The lowest BCUT2D eigenvalue weighted by Crippen LogP contribution is -2.55. The fourth-order valence-corrected chi connectivity index (χ4v) is 5.45. The minimum absolute atomic E-state index is 0.0432. The van der Waals surface area contributed by atoms with Crippen LogP contribution in [0.4, 0.5) is 5.69 Å². The second-order valence-corrected chi connectivity index (χ2v) is 10.1. The Labute approximate surface area is 185 Å². The topological polar surface area (TPSA) is 79.0 Å². The van der Waals surface area contributed by atoms with Crippen molar-refractivity contribution in [1.29, 1.82) is 0 Å². The fourth-order valence-electron chi connectivity index (χ4n) is 3.95. The number of rotatable bonds is 8. The Balaban J connectivity index is 1.77. The van der Waals surface area contributed by atoms with Gasteiger partial charge in [0, 0.05) is 31.7 Å². The summed E-state index contributed by atoms with van der Waals surface area (Å²) in [5.74, 6) is -0.375. The minimum atomic E-state index is -3.56. The molecule has 1 N–H and O–H groups in total. The second kappa shape index (κ2) is 10.3. The number of hydrogen-bond acceptors (Lipinski definition) is 6. The maximum absolute atomic E-state index is 13.4. The van der Waals surface area contributed by atoms with Gasteiger partial charge in [-0.2, -0.15) is 0 Å². The Morgan fingerprint density at radius 1 is 1.06 bits per heavy atom. The molecule has 7 nitrogen and oxygen atoms in total. The van der Waals surface area contributed by atoms with Gasteiger partial charge in [-0.15, -0.1) is 0 Å². The van der Waals surface area contributed by atoms with Crippen molar-refractivity contribution in [3.05, 3.63) is 65.7 Å². The van der Waals surface area contributed by atoms with Gasteiger partial charge in [-0.3, -0.25) is 9.21 Å². The van der Waals surface area contributed by atoms with Crippen LogP contribution in [0.15, 0.2) is 54.6 Å². The molecule has 3 rings (SSSR count). The van der Waals surface area contributed by atoms with E-state index in [-0.39, 0.29) is 12.3 Å². The van der Waals surface area contributed by atoms with Crippen LogP contribution in [0, 0.1) is 0 Å². The van der Waals surface area contributed by atoms with Gasteiger partial charge in [0.15, 0.2) is 0 Å². The molecule has 1 aliphatic rings. The Morgan fingerprint density at radius 3 is 2.26 bits per heavy atom. The van der Waals surface area contributed by atoms with Gasteiger partial charge in [0.2, 0.25) is 10.0 Å². The quantitative estimate of drug-likeness (QED) is 0.629. The van der Waals surface area contributed by atoms with E-state index in [0.717, 1.165) is 18.7 Å². The lowest BCUT2D eigenvalue weighted by molar-refractivity contribution is 0.0600.